The summed E-state index contributed by atoms with van der Waals surface area (Å²) in [7, 11) is 0. The van der Waals surface area contributed by atoms with Crippen LogP contribution in [-0.2, 0) is 20.9 Å². The van der Waals surface area contributed by atoms with Gasteiger partial charge in [-0.1, -0.05) is 23.7 Å². The van der Waals surface area contributed by atoms with Crippen LogP contribution in [0.2, 0.25) is 5.02 Å². The maximum absolute atomic E-state index is 12.1. The van der Waals surface area contributed by atoms with E-state index in [0.29, 0.717) is 11.3 Å². The molecule has 1 heterocycles. The maximum Gasteiger partial charge on any atom is 0.338 e. The Bertz CT molecular complexity index is 1050. The first-order chi connectivity index (χ1) is 14.4. The van der Waals surface area contributed by atoms with Crippen LogP contribution in [-0.4, -0.2) is 41.9 Å². The van der Waals surface area contributed by atoms with Crippen molar-refractivity contribution in [1.29, 1.82) is 5.26 Å². The molecule has 1 fully saturated rings. The van der Waals surface area contributed by atoms with Gasteiger partial charge in [-0.3, -0.25) is 14.5 Å². The lowest BCUT2D eigenvalue weighted by atomic mass is 10.1. The quantitative estimate of drug-likeness (QED) is 0.537. The van der Waals surface area contributed by atoms with Crippen molar-refractivity contribution in [3.63, 3.8) is 0 Å². The molecule has 1 aliphatic heterocycles. The van der Waals surface area contributed by atoms with E-state index in [4.69, 9.17) is 21.6 Å². The number of benzene rings is 2. The molecule has 2 aromatic carbocycles. The fourth-order valence-corrected chi connectivity index (χ4v) is 2.86. The highest BCUT2D eigenvalue weighted by atomic mass is 35.5. The standard InChI is InChI=1S/C20H15ClN4O5/c21-16-7-15(6-5-14(16)8-22)24-17(26)11-30-19(28)13-3-1-12(2-4-13)10-25-18(27)9-23-20(25)29/h1-7H,9-11H2,(H,23,29)(H,24,26). The van der Waals surface area contributed by atoms with E-state index in [2.05, 4.69) is 10.6 Å². The topological polar surface area (TPSA) is 129 Å². The zero-order valence-corrected chi connectivity index (χ0v) is 16.2. The summed E-state index contributed by atoms with van der Waals surface area (Å²) in [6.07, 6.45) is 0. The lowest BCUT2D eigenvalue weighted by Crippen LogP contribution is -2.30. The molecule has 0 atom stereocenters. The van der Waals surface area contributed by atoms with Gasteiger partial charge in [-0.2, -0.15) is 5.26 Å². The Hall–Kier alpha value is -3.90. The van der Waals surface area contributed by atoms with Gasteiger partial charge in [0.1, 0.15) is 6.07 Å². The van der Waals surface area contributed by atoms with E-state index >= 15 is 0 Å². The third-order valence-electron chi connectivity index (χ3n) is 4.18. The summed E-state index contributed by atoms with van der Waals surface area (Å²) >= 11 is 5.90. The lowest BCUT2D eigenvalue weighted by molar-refractivity contribution is -0.125. The average Bonchev–Trinajstić information content (AvgIpc) is 3.05. The minimum absolute atomic E-state index is 0.0278. The first-order valence-electron chi connectivity index (χ1n) is 8.71. The van der Waals surface area contributed by atoms with Gasteiger partial charge in [0.25, 0.3) is 5.91 Å². The first kappa shape index (κ1) is 20.8. The van der Waals surface area contributed by atoms with Gasteiger partial charge >= 0.3 is 12.0 Å². The molecular formula is C20H15ClN4O5. The zero-order chi connectivity index (χ0) is 21.7. The Labute approximate surface area is 176 Å². The van der Waals surface area contributed by atoms with E-state index in [1.54, 1.807) is 12.1 Å². The number of ether oxygens (including phenoxy) is 1. The summed E-state index contributed by atoms with van der Waals surface area (Å²) in [6.45, 7) is -0.448. The third-order valence-corrected chi connectivity index (χ3v) is 4.49. The minimum atomic E-state index is -0.704. The van der Waals surface area contributed by atoms with Gasteiger partial charge in [-0.15, -0.1) is 0 Å². The van der Waals surface area contributed by atoms with Crippen LogP contribution in [0.1, 0.15) is 21.5 Å². The molecule has 1 aliphatic rings. The van der Waals surface area contributed by atoms with Gasteiger partial charge in [0, 0.05) is 5.69 Å². The number of imide groups is 1. The molecule has 4 amide bonds. The third kappa shape index (κ3) is 4.92. The van der Waals surface area contributed by atoms with Gasteiger partial charge in [0.2, 0.25) is 5.91 Å². The number of amides is 4. The summed E-state index contributed by atoms with van der Waals surface area (Å²) in [5.74, 6) is -1.60. The largest absolute Gasteiger partial charge is 0.452 e. The molecule has 0 bridgehead atoms. The molecule has 0 saturated carbocycles. The van der Waals surface area contributed by atoms with Gasteiger partial charge in [0.15, 0.2) is 6.61 Å². The summed E-state index contributed by atoms with van der Waals surface area (Å²) in [4.78, 5) is 48.3. The second-order valence-electron chi connectivity index (χ2n) is 6.27. The molecule has 9 nitrogen and oxygen atoms in total. The van der Waals surface area contributed by atoms with Crippen molar-refractivity contribution in [2.24, 2.45) is 0 Å². The van der Waals surface area contributed by atoms with Crippen LogP contribution in [0.5, 0.6) is 0 Å². The van der Waals surface area contributed by atoms with Crippen molar-refractivity contribution in [3.05, 3.63) is 64.2 Å². The number of hydrogen-bond acceptors (Lipinski definition) is 6. The van der Waals surface area contributed by atoms with Gasteiger partial charge in [0.05, 0.1) is 29.2 Å². The Kier molecular flexibility index (Phi) is 6.29. The second-order valence-corrected chi connectivity index (χ2v) is 6.67. The molecule has 30 heavy (non-hydrogen) atoms. The predicted molar refractivity (Wildman–Crippen MR) is 105 cm³/mol. The van der Waals surface area contributed by atoms with Crippen molar-refractivity contribution in [1.82, 2.24) is 10.2 Å². The predicted octanol–water partition coefficient (Wildman–Crippen LogP) is 2.06. The molecule has 2 aromatic rings. The van der Waals surface area contributed by atoms with E-state index in [1.165, 1.54) is 30.3 Å². The van der Waals surface area contributed by atoms with Crippen LogP contribution in [0, 0.1) is 11.3 Å². The number of carbonyl (C=O) groups excluding carboxylic acids is 4. The second kappa shape index (κ2) is 9.07. The number of nitrogens with one attached hydrogen (secondary N) is 2. The fourth-order valence-electron chi connectivity index (χ4n) is 2.64. The monoisotopic (exact) mass is 426 g/mol. The van der Waals surface area contributed by atoms with E-state index in [1.807, 2.05) is 6.07 Å². The minimum Gasteiger partial charge on any atom is -0.452 e. The van der Waals surface area contributed by atoms with Gasteiger partial charge in [-0.25, -0.2) is 9.59 Å². The highest BCUT2D eigenvalue weighted by molar-refractivity contribution is 6.32. The van der Waals surface area contributed by atoms with E-state index in [9.17, 15) is 19.2 Å². The Balaban J connectivity index is 1.51. The van der Waals surface area contributed by atoms with Gasteiger partial charge in [-0.05, 0) is 35.9 Å². The number of anilines is 1. The Morgan fingerprint density at radius 2 is 1.93 bits per heavy atom. The van der Waals surface area contributed by atoms with Crippen LogP contribution in [0.4, 0.5) is 10.5 Å². The summed E-state index contributed by atoms with van der Waals surface area (Å²) in [5.41, 5.74) is 1.52. The summed E-state index contributed by atoms with van der Waals surface area (Å²) < 4.78 is 4.98. The molecule has 0 unspecified atom stereocenters. The normalized spacial score (nSPS) is 12.9. The van der Waals surface area contributed by atoms with Crippen LogP contribution >= 0.6 is 11.6 Å². The van der Waals surface area contributed by atoms with Crippen LogP contribution in [0.3, 0.4) is 0 Å². The number of esters is 1. The zero-order valence-electron chi connectivity index (χ0n) is 15.5. The lowest BCUT2D eigenvalue weighted by Gasteiger charge is -2.12. The number of nitrogens with zero attached hydrogens (tertiary/aromatic N) is 2. The van der Waals surface area contributed by atoms with E-state index < -0.39 is 24.5 Å². The molecule has 10 heteroatoms. The van der Waals surface area contributed by atoms with Crippen molar-refractivity contribution >= 4 is 41.1 Å². The molecule has 1 saturated heterocycles. The number of carbonyl (C=O) groups is 4. The van der Waals surface area contributed by atoms with Crippen molar-refractivity contribution in [3.8, 4) is 6.07 Å². The number of hydrogen-bond donors (Lipinski definition) is 2. The molecule has 3 rings (SSSR count). The maximum atomic E-state index is 12.1. The number of nitriles is 1. The van der Waals surface area contributed by atoms with Crippen LogP contribution in [0.15, 0.2) is 42.5 Å². The summed E-state index contributed by atoms with van der Waals surface area (Å²) in [6, 6.07) is 12.0. The van der Waals surface area contributed by atoms with Crippen molar-refractivity contribution < 1.29 is 23.9 Å². The number of urea groups is 1. The molecule has 0 spiro atoms. The Morgan fingerprint density at radius 1 is 1.20 bits per heavy atom. The number of halogens is 1. The first-order valence-corrected chi connectivity index (χ1v) is 9.09. The SMILES string of the molecule is N#Cc1ccc(NC(=O)COC(=O)c2ccc(CN3C(=O)CNC3=O)cc2)cc1Cl. The van der Waals surface area contributed by atoms with Crippen molar-refractivity contribution in [2.75, 3.05) is 18.5 Å². The molecule has 0 aromatic heterocycles. The average molecular weight is 427 g/mol. The molecule has 0 radical (unpaired) electrons. The van der Waals surface area contributed by atoms with E-state index in [0.717, 1.165) is 4.90 Å². The summed E-state index contributed by atoms with van der Waals surface area (Å²) in [5, 5.41) is 14.0. The molecule has 2 N–H and O–H groups in total. The van der Waals surface area contributed by atoms with Gasteiger partial charge < -0.3 is 15.4 Å². The highest BCUT2D eigenvalue weighted by Crippen LogP contribution is 2.20. The highest BCUT2D eigenvalue weighted by Gasteiger charge is 2.28. The molecule has 152 valence electrons. The van der Waals surface area contributed by atoms with E-state index in [-0.39, 0.29) is 35.1 Å². The number of rotatable bonds is 6. The Morgan fingerprint density at radius 3 is 2.53 bits per heavy atom. The van der Waals surface area contributed by atoms with Crippen LogP contribution in [0.25, 0.3) is 0 Å². The van der Waals surface area contributed by atoms with Crippen LogP contribution < -0.4 is 10.6 Å². The molecular weight excluding hydrogens is 412 g/mol. The van der Waals surface area contributed by atoms with Crippen molar-refractivity contribution in [2.45, 2.75) is 6.54 Å². The smallest absolute Gasteiger partial charge is 0.338 e. The molecule has 0 aliphatic carbocycles. The fraction of sp³-hybridized carbons (Fsp3) is 0.150.